The molecule has 0 aliphatic carbocycles. The van der Waals surface area contributed by atoms with Gasteiger partial charge < -0.3 is 15.7 Å². The fourth-order valence-corrected chi connectivity index (χ4v) is 4.34. The Morgan fingerprint density at radius 3 is 2.65 bits per heavy atom. The number of aryl methyl sites for hydroxylation is 2. The maximum atomic E-state index is 13.0. The van der Waals surface area contributed by atoms with E-state index in [-0.39, 0.29) is 17.1 Å². The first-order valence-corrected chi connectivity index (χ1v) is 9.88. The van der Waals surface area contributed by atoms with Crippen LogP contribution >= 0.6 is 11.8 Å². The number of benzene rings is 2. The molecule has 2 aromatic rings. The molecule has 3 atom stereocenters. The zero-order chi connectivity index (χ0) is 18.5. The maximum Gasteiger partial charge on any atom is 0.238 e. The van der Waals surface area contributed by atoms with Gasteiger partial charge in [-0.05, 0) is 31.0 Å². The van der Waals surface area contributed by atoms with Crippen LogP contribution in [0.4, 0.5) is 0 Å². The Morgan fingerprint density at radius 2 is 2.00 bits per heavy atom. The minimum atomic E-state index is -0.391. The molecule has 0 radical (unpaired) electrons. The second-order valence-electron chi connectivity index (χ2n) is 6.91. The van der Waals surface area contributed by atoms with E-state index in [1.165, 1.54) is 11.1 Å². The topological polar surface area (TPSA) is 61.4 Å². The number of nitrogens with one attached hydrogen (secondary N) is 2. The van der Waals surface area contributed by atoms with Crippen LogP contribution in [0.15, 0.2) is 53.4 Å². The molecule has 1 aliphatic heterocycles. The zero-order valence-electron chi connectivity index (χ0n) is 15.2. The molecule has 3 unspecified atom stereocenters. The van der Waals surface area contributed by atoms with Gasteiger partial charge in [-0.3, -0.25) is 4.79 Å². The summed E-state index contributed by atoms with van der Waals surface area (Å²) >= 11 is 1.58. The van der Waals surface area contributed by atoms with Crippen molar-refractivity contribution >= 4 is 17.7 Å². The number of aliphatic hydroxyl groups excluding tert-OH is 1. The molecule has 0 spiro atoms. The molecule has 1 amide bonds. The van der Waals surface area contributed by atoms with Crippen molar-refractivity contribution in [3.8, 4) is 0 Å². The monoisotopic (exact) mass is 370 g/mol. The van der Waals surface area contributed by atoms with Gasteiger partial charge >= 0.3 is 0 Å². The Bertz CT molecular complexity index is 751. The summed E-state index contributed by atoms with van der Waals surface area (Å²) in [4.78, 5) is 14.1. The van der Waals surface area contributed by atoms with Gasteiger partial charge in [0, 0.05) is 30.4 Å². The highest BCUT2D eigenvalue weighted by atomic mass is 32.2. The standard InChI is InChI=1S/C21H26N2O2S/c1-14-8-9-19(15(2)10-14)26-20(16-6-4-3-5-7-16)21(25)23-12-17-11-22-13-18(17)24/h3-10,17-18,20,22,24H,11-13H2,1-2H3,(H,23,25). The summed E-state index contributed by atoms with van der Waals surface area (Å²) in [5, 5.41) is 15.8. The lowest BCUT2D eigenvalue weighted by Gasteiger charge is -2.20. The molecule has 26 heavy (non-hydrogen) atoms. The summed E-state index contributed by atoms with van der Waals surface area (Å²) in [5.41, 5.74) is 3.38. The van der Waals surface area contributed by atoms with Crippen molar-refractivity contribution in [3.05, 3.63) is 65.2 Å². The van der Waals surface area contributed by atoms with E-state index in [0.717, 1.165) is 17.0 Å². The van der Waals surface area contributed by atoms with Crippen molar-refractivity contribution in [2.24, 2.45) is 5.92 Å². The van der Waals surface area contributed by atoms with Crippen LogP contribution in [0.25, 0.3) is 0 Å². The quantitative estimate of drug-likeness (QED) is 0.685. The lowest BCUT2D eigenvalue weighted by Crippen LogP contribution is -2.36. The third kappa shape index (κ3) is 4.67. The molecule has 2 aromatic carbocycles. The first kappa shape index (κ1) is 19.0. The molecule has 3 N–H and O–H groups in total. The van der Waals surface area contributed by atoms with Crippen molar-refractivity contribution in [2.75, 3.05) is 19.6 Å². The van der Waals surface area contributed by atoms with Crippen molar-refractivity contribution in [3.63, 3.8) is 0 Å². The first-order valence-electron chi connectivity index (χ1n) is 9.00. The van der Waals surface area contributed by atoms with Gasteiger partial charge in [-0.25, -0.2) is 0 Å². The molecular formula is C21H26N2O2S. The van der Waals surface area contributed by atoms with E-state index < -0.39 is 6.10 Å². The Morgan fingerprint density at radius 1 is 1.23 bits per heavy atom. The fraction of sp³-hybridized carbons (Fsp3) is 0.381. The van der Waals surface area contributed by atoms with Gasteiger partial charge in [0.25, 0.3) is 0 Å². The SMILES string of the molecule is Cc1ccc(SC(C(=O)NCC2CNCC2O)c2ccccc2)c(C)c1. The number of hydrogen-bond donors (Lipinski definition) is 3. The number of amides is 1. The van der Waals surface area contributed by atoms with E-state index in [0.29, 0.717) is 13.1 Å². The normalized spacial score (nSPS) is 20.7. The summed E-state index contributed by atoms with van der Waals surface area (Å²) < 4.78 is 0. The van der Waals surface area contributed by atoms with E-state index >= 15 is 0 Å². The summed E-state index contributed by atoms with van der Waals surface area (Å²) in [6, 6.07) is 16.2. The summed E-state index contributed by atoms with van der Waals surface area (Å²) in [7, 11) is 0. The summed E-state index contributed by atoms with van der Waals surface area (Å²) in [6.45, 7) is 5.98. The molecule has 0 bridgehead atoms. The van der Waals surface area contributed by atoms with E-state index in [9.17, 15) is 9.90 Å². The van der Waals surface area contributed by atoms with E-state index in [2.05, 4.69) is 42.7 Å². The summed E-state index contributed by atoms with van der Waals surface area (Å²) in [6.07, 6.45) is -0.391. The maximum absolute atomic E-state index is 13.0. The van der Waals surface area contributed by atoms with Gasteiger partial charge in [0.05, 0.1) is 6.10 Å². The number of thioether (sulfide) groups is 1. The minimum absolute atomic E-state index is 0.0136. The first-order chi connectivity index (χ1) is 12.5. The molecule has 0 saturated carbocycles. The van der Waals surface area contributed by atoms with Gasteiger partial charge in [-0.1, -0.05) is 48.0 Å². The second kappa shape index (κ2) is 8.71. The van der Waals surface area contributed by atoms with Gasteiger partial charge in [0.15, 0.2) is 0 Å². The number of hydrogen-bond acceptors (Lipinski definition) is 4. The molecule has 1 saturated heterocycles. The van der Waals surface area contributed by atoms with Crippen molar-refractivity contribution in [1.82, 2.24) is 10.6 Å². The molecule has 0 aromatic heterocycles. The van der Waals surface area contributed by atoms with Crippen LogP contribution in [-0.4, -0.2) is 36.8 Å². The zero-order valence-corrected chi connectivity index (χ0v) is 16.1. The molecule has 1 heterocycles. The van der Waals surface area contributed by atoms with Crippen LogP contribution in [0.1, 0.15) is 21.9 Å². The molecule has 1 fully saturated rings. The third-order valence-electron chi connectivity index (χ3n) is 4.76. The number of carbonyl (C=O) groups excluding carboxylic acids is 1. The molecule has 138 valence electrons. The lowest BCUT2D eigenvalue weighted by molar-refractivity contribution is -0.120. The lowest BCUT2D eigenvalue weighted by atomic mass is 10.1. The van der Waals surface area contributed by atoms with Crippen LogP contribution in [0, 0.1) is 19.8 Å². The number of β-amino-alcohol motifs (C(OH)–C–C–N with tert-alkyl or cyclic N) is 1. The largest absolute Gasteiger partial charge is 0.391 e. The highest BCUT2D eigenvalue weighted by Gasteiger charge is 2.27. The average molecular weight is 371 g/mol. The van der Waals surface area contributed by atoms with E-state index in [1.807, 2.05) is 30.3 Å². The predicted octanol–water partition coefficient (Wildman–Crippen LogP) is 2.83. The van der Waals surface area contributed by atoms with Gasteiger partial charge in [-0.2, -0.15) is 0 Å². The molecule has 3 rings (SSSR count). The fourth-order valence-electron chi connectivity index (χ4n) is 3.21. The van der Waals surface area contributed by atoms with Crippen LogP contribution < -0.4 is 10.6 Å². The van der Waals surface area contributed by atoms with Crippen LogP contribution in [0.3, 0.4) is 0 Å². The highest BCUT2D eigenvalue weighted by molar-refractivity contribution is 8.00. The van der Waals surface area contributed by atoms with Crippen LogP contribution in [0.2, 0.25) is 0 Å². The average Bonchev–Trinajstić information content (AvgIpc) is 3.05. The Hall–Kier alpha value is -1.82. The predicted molar refractivity (Wildman–Crippen MR) is 106 cm³/mol. The Kier molecular flexibility index (Phi) is 6.35. The number of carbonyl (C=O) groups is 1. The van der Waals surface area contributed by atoms with E-state index in [4.69, 9.17) is 0 Å². The smallest absolute Gasteiger partial charge is 0.238 e. The molecule has 5 heteroatoms. The van der Waals surface area contributed by atoms with Crippen LogP contribution in [-0.2, 0) is 4.79 Å². The Labute approximate surface area is 159 Å². The van der Waals surface area contributed by atoms with Gasteiger partial charge in [0.2, 0.25) is 5.91 Å². The van der Waals surface area contributed by atoms with Crippen molar-refractivity contribution in [2.45, 2.75) is 30.1 Å². The molecule has 4 nitrogen and oxygen atoms in total. The van der Waals surface area contributed by atoms with Crippen molar-refractivity contribution in [1.29, 1.82) is 0 Å². The minimum Gasteiger partial charge on any atom is -0.391 e. The second-order valence-corrected chi connectivity index (χ2v) is 8.06. The number of rotatable bonds is 6. The molecular weight excluding hydrogens is 344 g/mol. The highest BCUT2D eigenvalue weighted by Crippen LogP contribution is 2.37. The third-order valence-corrected chi connectivity index (χ3v) is 6.19. The van der Waals surface area contributed by atoms with E-state index in [1.54, 1.807) is 11.8 Å². The van der Waals surface area contributed by atoms with Crippen LogP contribution in [0.5, 0.6) is 0 Å². The van der Waals surface area contributed by atoms with Gasteiger partial charge in [-0.15, -0.1) is 11.8 Å². The Balaban J connectivity index is 1.75. The summed E-state index contributed by atoms with van der Waals surface area (Å²) in [5.74, 6) is 0.0572. The van der Waals surface area contributed by atoms with Gasteiger partial charge in [0.1, 0.15) is 5.25 Å². The number of aliphatic hydroxyl groups is 1. The molecule has 1 aliphatic rings. The van der Waals surface area contributed by atoms with Crippen molar-refractivity contribution < 1.29 is 9.90 Å².